The Balaban J connectivity index is 2.21. The summed E-state index contributed by atoms with van der Waals surface area (Å²) in [6.45, 7) is -0.0782. The summed E-state index contributed by atoms with van der Waals surface area (Å²) in [5.41, 5.74) is 0.500. The lowest BCUT2D eigenvalue weighted by atomic mass is 10.2. The zero-order valence-corrected chi connectivity index (χ0v) is 12.6. The van der Waals surface area contributed by atoms with Gasteiger partial charge in [0.2, 0.25) is 5.82 Å². The smallest absolute Gasteiger partial charge is 0.200 e. The molecule has 1 nitrogen and oxygen atoms in total. The van der Waals surface area contributed by atoms with Gasteiger partial charge in [0.1, 0.15) is 12.4 Å². The van der Waals surface area contributed by atoms with Gasteiger partial charge in [-0.1, -0.05) is 28.1 Å². The third kappa shape index (κ3) is 3.30. The molecular formula is C13H7Br2F3O. The number of hydrogen-bond acceptors (Lipinski definition) is 1. The zero-order chi connectivity index (χ0) is 14.0. The van der Waals surface area contributed by atoms with Crippen LogP contribution in [0, 0.1) is 17.5 Å². The highest BCUT2D eigenvalue weighted by molar-refractivity contribution is 9.10. The van der Waals surface area contributed by atoms with E-state index in [1.165, 1.54) is 18.2 Å². The number of halogens is 5. The van der Waals surface area contributed by atoms with E-state index in [4.69, 9.17) is 4.74 Å². The van der Waals surface area contributed by atoms with Gasteiger partial charge in [0.25, 0.3) is 0 Å². The minimum Gasteiger partial charge on any atom is -0.486 e. The average molecular weight is 396 g/mol. The molecule has 2 rings (SSSR count). The second-order valence-corrected chi connectivity index (χ2v) is 5.41. The van der Waals surface area contributed by atoms with Crippen molar-refractivity contribution in [3.8, 4) is 5.75 Å². The van der Waals surface area contributed by atoms with Crippen LogP contribution < -0.4 is 4.74 Å². The second-order valence-electron chi connectivity index (χ2n) is 3.70. The van der Waals surface area contributed by atoms with Crippen LogP contribution in [0.15, 0.2) is 39.3 Å². The van der Waals surface area contributed by atoms with E-state index in [1.54, 1.807) is 6.07 Å². The van der Waals surface area contributed by atoms with Gasteiger partial charge >= 0.3 is 0 Å². The van der Waals surface area contributed by atoms with E-state index in [0.717, 1.165) is 6.07 Å². The largest absolute Gasteiger partial charge is 0.486 e. The number of benzene rings is 2. The summed E-state index contributed by atoms with van der Waals surface area (Å²) in [5.74, 6) is -2.76. The molecule has 6 heteroatoms. The fourth-order valence-electron chi connectivity index (χ4n) is 1.45. The maximum Gasteiger partial charge on any atom is 0.200 e. The highest BCUT2D eigenvalue weighted by Gasteiger charge is 2.12. The summed E-state index contributed by atoms with van der Waals surface area (Å²) in [4.78, 5) is 0. The van der Waals surface area contributed by atoms with Crippen LogP contribution in [-0.2, 0) is 6.61 Å². The van der Waals surface area contributed by atoms with Crippen molar-refractivity contribution in [3.63, 3.8) is 0 Å². The van der Waals surface area contributed by atoms with Gasteiger partial charge in [-0.2, -0.15) is 4.39 Å². The molecule has 0 saturated heterocycles. The molecule has 0 amide bonds. The van der Waals surface area contributed by atoms with Crippen LogP contribution in [0.2, 0.25) is 0 Å². The van der Waals surface area contributed by atoms with Crippen molar-refractivity contribution >= 4 is 31.9 Å². The quantitative estimate of drug-likeness (QED) is 0.648. The molecule has 2 aromatic carbocycles. The molecule has 0 heterocycles. The van der Waals surface area contributed by atoms with E-state index < -0.39 is 17.5 Å². The lowest BCUT2D eigenvalue weighted by Crippen LogP contribution is -2.00. The van der Waals surface area contributed by atoms with Crippen LogP contribution in [0.1, 0.15) is 5.56 Å². The van der Waals surface area contributed by atoms with Gasteiger partial charge in [0, 0.05) is 10.0 Å². The first-order valence-corrected chi connectivity index (χ1v) is 6.78. The first-order chi connectivity index (χ1) is 8.99. The summed E-state index contributed by atoms with van der Waals surface area (Å²) in [5, 5.41) is 0. The third-order valence-electron chi connectivity index (χ3n) is 2.37. The zero-order valence-electron chi connectivity index (χ0n) is 9.39. The topological polar surface area (TPSA) is 9.23 Å². The lowest BCUT2D eigenvalue weighted by molar-refractivity contribution is 0.283. The third-order valence-corrected chi connectivity index (χ3v) is 3.72. The van der Waals surface area contributed by atoms with Crippen molar-refractivity contribution < 1.29 is 17.9 Å². The maximum absolute atomic E-state index is 13.5. The van der Waals surface area contributed by atoms with Crippen molar-refractivity contribution in [2.45, 2.75) is 6.61 Å². The van der Waals surface area contributed by atoms with Crippen molar-refractivity contribution in [2.24, 2.45) is 0 Å². The van der Waals surface area contributed by atoms with Crippen LogP contribution in [0.4, 0.5) is 13.2 Å². The summed E-state index contributed by atoms with van der Waals surface area (Å²) in [6, 6.07) is 6.73. The van der Waals surface area contributed by atoms with Gasteiger partial charge in [-0.15, -0.1) is 0 Å². The first kappa shape index (κ1) is 14.4. The van der Waals surface area contributed by atoms with Gasteiger partial charge in [-0.05, 0) is 34.1 Å². The molecule has 0 aliphatic rings. The number of ether oxygens (including phenoxy) is 1. The normalized spacial score (nSPS) is 10.6. The molecule has 0 fully saturated rings. The molecule has 0 atom stereocenters. The fraction of sp³-hybridized carbons (Fsp3) is 0.0769. The number of hydrogen-bond donors (Lipinski definition) is 0. The van der Waals surface area contributed by atoms with E-state index in [9.17, 15) is 13.2 Å². The van der Waals surface area contributed by atoms with Gasteiger partial charge in [-0.3, -0.25) is 0 Å². The van der Waals surface area contributed by atoms with E-state index in [2.05, 4.69) is 31.9 Å². The molecule has 0 N–H and O–H groups in total. The highest BCUT2D eigenvalue weighted by atomic mass is 79.9. The standard InChI is InChI=1S/C13H7Br2F3O/c14-8-4-10(17)13(18)11(5-8)19-6-7-2-1-3-9(16)12(7)15/h1-5H,6H2. The molecule has 0 aliphatic heterocycles. The van der Waals surface area contributed by atoms with Crippen LogP contribution in [-0.4, -0.2) is 0 Å². The first-order valence-electron chi connectivity index (χ1n) is 5.19. The molecule has 0 unspecified atom stereocenters. The Morgan fingerprint density at radius 2 is 1.74 bits per heavy atom. The Kier molecular flexibility index (Phi) is 4.52. The van der Waals surface area contributed by atoms with E-state index in [1.807, 2.05) is 0 Å². The molecule has 0 aliphatic carbocycles. The fourth-order valence-corrected chi connectivity index (χ4v) is 2.24. The molecule has 0 spiro atoms. The molecule has 0 aromatic heterocycles. The minimum atomic E-state index is -1.07. The van der Waals surface area contributed by atoms with Crippen molar-refractivity contribution in [1.29, 1.82) is 0 Å². The summed E-state index contributed by atoms with van der Waals surface area (Å²) in [6.07, 6.45) is 0. The Hall–Kier alpha value is -1.01. The Labute approximate surface area is 124 Å². The Morgan fingerprint density at radius 3 is 2.47 bits per heavy atom. The van der Waals surface area contributed by atoms with Crippen LogP contribution >= 0.6 is 31.9 Å². The highest BCUT2D eigenvalue weighted by Crippen LogP contribution is 2.27. The molecule has 0 radical (unpaired) electrons. The monoisotopic (exact) mass is 394 g/mol. The molecule has 100 valence electrons. The van der Waals surface area contributed by atoms with Crippen LogP contribution in [0.3, 0.4) is 0 Å². The predicted octanol–water partition coefficient (Wildman–Crippen LogP) is 5.21. The molecule has 19 heavy (non-hydrogen) atoms. The Morgan fingerprint density at radius 1 is 1.00 bits per heavy atom. The number of rotatable bonds is 3. The van der Waals surface area contributed by atoms with Crippen molar-refractivity contribution in [2.75, 3.05) is 0 Å². The molecule has 0 saturated carbocycles. The van der Waals surface area contributed by atoms with Gasteiger partial charge in [0.15, 0.2) is 11.6 Å². The van der Waals surface area contributed by atoms with Crippen LogP contribution in [0.5, 0.6) is 5.75 Å². The van der Waals surface area contributed by atoms with Crippen molar-refractivity contribution in [1.82, 2.24) is 0 Å². The lowest BCUT2D eigenvalue weighted by Gasteiger charge is -2.10. The van der Waals surface area contributed by atoms with Crippen LogP contribution in [0.25, 0.3) is 0 Å². The van der Waals surface area contributed by atoms with Crippen molar-refractivity contribution in [3.05, 3.63) is 62.3 Å². The van der Waals surface area contributed by atoms with E-state index in [0.29, 0.717) is 10.0 Å². The van der Waals surface area contributed by atoms with Gasteiger partial charge in [0.05, 0.1) is 4.47 Å². The maximum atomic E-state index is 13.5. The molecule has 2 aromatic rings. The van der Waals surface area contributed by atoms with Gasteiger partial charge < -0.3 is 4.74 Å². The van der Waals surface area contributed by atoms with E-state index in [-0.39, 0.29) is 16.8 Å². The SMILES string of the molecule is Fc1cc(Br)cc(OCc2cccc(F)c2Br)c1F. The van der Waals surface area contributed by atoms with Gasteiger partial charge in [-0.25, -0.2) is 8.78 Å². The summed E-state index contributed by atoms with van der Waals surface area (Å²) >= 11 is 6.11. The molecule has 0 bridgehead atoms. The summed E-state index contributed by atoms with van der Waals surface area (Å²) in [7, 11) is 0. The Bertz CT molecular complexity index is 617. The second kappa shape index (κ2) is 5.96. The summed E-state index contributed by atoms with van der Waals surface area (Å²) < 4.78 is 45.7. The minimum absolute atomic E-state index is 0.0782. The molecular weight excluding hydrogens is 389 g/mol. The average Bonchev–Trinajstić information content (AvgIpc) is 2.36. The predicted molar refractivity (Wildman–Crippen MR) is 72.5 cm³/mol. The van der Waals surface area contributed by atoms with E-state index >= 15 is 0 Å².